The number of hydrogen-bond donors (Lipinski definition) is 1. The fourth-order valence-corrected chi connectivity index (χ4v) is 1.38. The number of anilines is 1. The Bertz CT molecular complexity index is 373. The SMILES string of the molecule is Nc1cc(C(F)(F)F)c(Cl)c(C(F)(F)F)c1. The zero-order chi connectivity index (χ0) is 12.7. The summed E-state index contributed by atoms with van der Waals surface area (Å²) in [5.41, 5.74) is 1.12. The topological polar surface area (TPSA) is 26.0 Å². The maximum absolute atomic E-state index is 12.3. The summed E-state index contributed by atoms with van der Waals surface area (Å²) in [6, 6.07) is 0.717. The molecular weight excluding hydrogens is 260 g/mol. The number of benzene rings is 1. The fraction of sp³-hybridized carbons (Fsp3) is 0.250. The van der Waals surface area contributed by atoms with Gasteiger partial charge in [-0.05, 0) is 12.1 Å². The summed E-state index contributed by atoms with van der Waals surface area (Å²) in [5, 5.41) is -1.39. The summed E-state index contributed by atoms with van der Waals surface area (Å²) < 4.78 is 73.7. The van der Waals surface area contributed by atoms with Gasteiger partial charge < -0.3 is 5.73 Å². The Morgan fingerprint density at radius 1 is 0.875 bits per heavy atom. The van der Waals surface area contributed by atoms with E-state index in [0.29, 0.717) is 12.1 Å². The van der Waals surface area contributed by atoms with Gasteiger partial charge in [0, 0.05) is 5.69 Å². The first-order valence-corrected chi connectivity index (χ1v) is 4.14. The molecule has 0 amide bonds. The zero-order valence-corrected chi connectivity index (χ0v) is 8.13. The molecular formula is C8H4ClF6N. The van der Waals surface area contributed by atoms with Crippen LogP contribution in [0.4, 0.5) is 32.0 Å². The largest absolute Gasteiger partial charge is 0.417 e. The van der Waals surface area contributed by atoms with Crippen molar-refractivity contribution in [3.05, 3.63) is 28.3 Å². The Morgan fingerprint density at radius 2 is 1.19 bits per heavy atom. The minimum absolute atomic E-state index is 0.359. The summed E-state index contributed by atoms with van der Waals surface area (Å²) in [5.74, 6) is 0. The molecule has 2 N–H and O–H groups in total. The van der Waals surface area contributed by atoms with Gasteiger partial charge in [0.25, 0.3) is 0 Å². The van der Waals surface area contributed by atoms with E-state index in [1.54, 1.807) is 0 Å². The van der Waals surface area contributed by atoms with Gasteiger partial charge in [-0.25, -0.2) is 0 Å². The first kappa shape index (κ1) is 13.0. The molecule has 0 saturated carbocycles. The second-order valence-corrected chi connectivity index (χ2v) is 3.30. The number of hydrogen-bond acceptors (Lipinski definition) is 1. The molecule has 90 valence electrons. The van der Waals surface area contributed by atoms with E-state index in [9.17, 15) is 26.3 Å². The molecule has 0 heterocycles. The van der Waals surface area contributed by atoms with Crippen molar-refractivity contribution in [2.45, 2.75) is 12.4 Å². The zero-order valence-electron chi connectivity index (χ0n) is 7.38. The van der Waals surface area contributed by atoms with Crippen LogP contribution in [0.15, 0.2) is 12.1 Å². The highest BCUT2D eigenvalue weighted by Crippen LogP contribution is 2.43. The van der Waals surface area contributed by atoms with Crippen LogP contribution in [0.25, 0.3) is 0 Å². The average Bonchev–Trinajstić information content (AvgIpc) is 2.04. The first-order chi connectivity index (χ1) is 7.03. The number of rotatable bonds is 0. The Labute approximate surface area is 90.8 Å². The van der Waals surface area contributed by atoms with Crippen LogP contribution >= 0.6 is 11.6 Å². The monoisotopic (exact) mass is 263 g/mol. The first-order valence-electron chi connectivity index (χ1n) is 3.77. The van der Waals surface area contributed by atoms with E-state index < -0.39 is 34.2 Å². The summed E-state index contributed by atoms with van der Waals surface area (Å²) in [6.07, 6.45) is -9.96. The molecule has 0 radical (unpaired) electrons. The maximum atomic E-state index is 12.3. The van der Waals surface area contributed by atoms with Gasteiger partial charge in [0.15, 0.2) is 0 Å². The Kier molecular flexibility index (Phi) is 3.02. The lowest BCUT2D eigenvalue weighted by Gasteiger charge is -2.15. The smallest absolute Gasteiger partial charge is 0.399 e. The third-order valence-electron chi connectivity index (χ3n) is 1.71. The van der Waals surface area contributed by atoms with Gasteiger partial charge in [0.05, 0.1) is 16.1 Å². The van der Waals surface area contributed by atoms with Crippen LogP contribution < -0.4 is 5.73 Å². The normalized spacial score (nSPS) is 12.9. The highest BCUT2D eigenvalue weighted by Gasteiger charge is 2.40. The molecule has 1 aromatic carbocycles. The van der Waals surface area contributed by atoms with Gasteiger partial charge in [-0.3, -0.25) is 0 Å². The molecule has 0 atom stereocenters. The van der Waals surface area contributed by atoms with E-state index in [1.165, 1.54) is 0 Å². The fourth-order valence-electron chi connectivity index (χ4n) is 1.06. The maximum Gasteiger partial charge on any atom is 0.417 e. The van der Waals surface area contributed by atoms with E-state index >= 15 is 0 Å². The molecule has 1 rings (SSSR count). The lowest BCUT2D eigenvalue weighted by molar-refractivity contribution is -0.142. The number of halogens is 7. The van der Waals surface area contributed by atoms with Crippen LogP contribution in [0.1, 0.15) is 11.1 Å². The van der Waals surface area contributed by atoms with Crippen molar-refractivity contribution in [3.8, 4) is 0 Å². The van der Waals surface area contributed by atoms with E-state index in [0.717, 1.165) is 0 Å². The lowest BCUT2D eigenvalue weighted by Crippen LogP contribution is -2.13. The van der Waals surface area contributed by atoms with Crippen molar-refractivity contribution in [1.82, 2.24) is 0 Å². The molecule has 0 spiro atoms. The molecule has 0 saturated heterocycles. The van der Waals surface area contributed by atoms with Crippen LogP contribution in [-0.4, -0.2) is 0 Å². The van der Waals surface area contributed by atoms with Crippen LogP contribution in [-0.2, 0) is 12.4 Å². The van der Waals surface area contributed by atoms with Crippen molar-refractivity contribution >= 4 is 17.3 Å². The second-order valence-electron chi connectivity index (χ2n) is 2.93. The summed E-state index contributed by atoms with van der Waals surface area (Å²) in [4.78, 5) is 0. The number of alkyl halides is 6. The lowest BCUT2D eigenvalue weighted by atomic mass is 10.1. The van der Waals surface area contributed by atoms with E-state index in [4.69, 9.17) is 17.3 Å². The second kappa shape index (κ2) is 3.73. The molecule has 8 heteroatoms. The molecule has 0 unspecified atom stereocenters. The summed E-state index contributed by atoms with van der Waals surface area (Å²) >= 11 is 5.05. The molecule has 16 heavy (non-hydrogen) atoms. The number of nitrogen functional groups attached to an aromatic ring is 1. The van der Waals surface area contributed by atoms with E-state index in [-0.39, 0.29) is 0 Å². The molecule has 0 aliphatic heterocycles. The number of nitrogens with two attached hydrogens (primary N) is 1. The molecule has 1 aromatic rings. The Balaban J connectivity index is 3.51. The van der Waals surface area contributed by atoms with Crippen molar-refractivity contribution in [2.75, 3.05) is 5.73 Å². The quantitative estimate of drug-likeness (QED) is 0.556. The average molecular weight is 264 g/mol. The Morgan fingerprint density at radius 3 is 1.44 bits per heavy atom. The van der Waals surface area contributed by atoms with Gasteiger partial charge in [-0.1, -0.05) is 11.6 Å². The van der Waals surface area contributed by atoms with E-state index in [1.807, 2.05) is 0 Å². The van der Waals surface area contributed by atoms with Gasteiger partial charge in [-0.2, -0.15) is 26.3 Å². The van der Waals surface area contributed by atoms with Gasteiger partial charge in [0.1, 0.15) is 0 Å². The minimum atomic E-state index is -4.98. The van der Waals surface area contributed by atoms with Gasteiger partial charge in [-0.15, -0.1) is 0 Å². The highest BCUT2D eigenvalue weighted by molar-refractivity contribution is 6.32. The van der Waals surface area contributed by atoms with Crippen molar-refractivity contribution in [1.29, 1.82) is 0 Å². The molecule has 0 aliphatic carbocycles. The minimum Gasteiger partial charge on any atom is -0.399 e. The third kappa shape index (κ3) is 2.52. The molecule has 1 nitrogen and oxygen atoms in total. The van der Waals surface area contributed by atoms with Crippen molar-refractivity contribution in [3.63, 3.8) is 0 Å². The third-order valence-corrected chi connectivity index (χ3v) is 2.11. The predicted molar refractivity (Wildman–Crippen MR) is 45.9 cm³/mol. The van der Waals surface area contributed by atoms with Crippen LogP contribution in [0.2, 0.25) is 5.02 Å². The van der Waals surface area contributed by atoms with Crippen LogP contribution in [0.5, 0.6) is 0 Å². The highest BCUT2D eigenvalue weighted by atomic mass is 35.5. The van der Waals surface area contributed by atoms with Gasteiger partial charge in [0.2, 0.25) is 0 Å². The predicted octanol–water partition coefficient (Wildman–Crippen LogP) is 3.96. The van der Waals surface area contributed by atoms with Crippen LogP contribution in [0, 0.1) is 0 Å². The molecule has 0 aliphatic rings. The molecule has 0 bridgehead atoms. The van der Waals surface area contributed by atoms with Crippen LogP contribution in [0.3, 0.4) is 0 Å². The van der Waals surface area contributed by atoms with Crippen molar-refractivity contribution < 1.29 is 26.3 Å². The standard InChI is InChI=1S/C8H4ClF6N/c9-6-4(7(10,11)12)1-3(16)2-5(6)8(13,14)15/h1-2H,16H2. The molecule has 0 aromatic heterocycles. The summed E-state index contributed by atoms with van der Waals surface area (Å²) in [6.45, 7) is 0. The van der Waals surface area contributed by atoms with E-state index in [2.05, 4.69) is 0 Å². The van der Waals surface area contributed by atoms with Crippen molar-refractivity contribution in [2.24, 2.45) is 0 Å². The Hall–Kier alpha value is -1.11. The molecule has 0 fully saturated rings. The summed E-state index contributed by atoms with van der Waals surface area (Å²) in [7, 11) is 0. The van der Waals surface area contributed by atoms with Gasteiger partial charge >= 0.3 is 12.4 Å².